The van der Waals surface area contributed by atoms with Crippen LogP contribution in [0.1, 0.15) is 19.5 Å². The first kappa shape index (κ1) is 10.4. The maximum atomic E-state index is 11.9. The quantitative estimate of drug-likeness (QED) is 0.764. The Morgan fingerprint density at radius 1 is 1.67 bits per heavy atom. The normalized spacial score (nSPS) is 17.3. The van der Waals surface area contributed by atoms with Gasteiger partial charge in [-0.1, -0.05) is 11.6 Å². The fourth-order valence-corrected chi connectivity index (χ4v) is 1.75. The Hall–Kier alpha value is -1.07. The van der Waals surface area contributed by atoms with Gasteiger partial charge in [0.1, 0.15) is 11.6 Å². The first-order chi connectivity index (χ1) is 6.97. The third kappa shape index (κ3) is 1.42. The van der Waals surface area contributed by atoms with Crippen LogP contribution in [0.15, 0.2) is 4.79 Å². The highest BCUT2D eigenvalue weighted by atomic mass is 35.5. The molecule has 1 aromatic rings. The van der Waals surface area contributed by atoms with Crippen LogP contribution in [0.4, 0.5) is 0 Å². The second-order valence-electron chi connectivity index (χ2n) is 4.05. The van der Waals surface area contributed by atoms with Crippen LogP contribution in [0.5, 0.6) is 6.01 Å². The second kappa shape index (κ2) is 3.21. The van der Waals surface area contributed by atoms with Crippen molar-refractivity contribution in [3.63, 3.8) is 0 Å². The van der Waals surface area contributed by atoms with Crippen LogP contribution < -0.4 is 10.3 Å². The topological polar surface area (TPSA) is 64.3 Å². The number of hydrogen-bond acceptors (Lipinski definition) is 4. The molecule has 5 nitrogen and oxygen atoms in total. The molecule has 1 aliphatic rings. The highest BCUT2D eigenvalue weighted by molar-refractivity contribution is 6.31. The lowest BCUT2D eigenvalue weighted by molar-refractivity contribution is 0.263. The summed E-state index contributed by atoms with van der Waals surface area (Å²) >= 11 is 5.79. The van der Waals surface area contributed by atoms with Gasteiger partial charge in [0.25, 0.3) is 11.6 Å². The van der Waals surface area contributed by atoms with Crippen molar-refractivity contribution in [2.24, 2.45) is 0 Å². The van der Waals surface area contributed by atoms with Crippen molar-refractivity contribution < 1.29 is 9.84 Å². The van der Waals surface area contributed by atoms with Crippen molar-refractivity contribution >= 4 is 11.6 Å². The standard InChI is InChI=1S/C9H11ClN2O3/c1-9(2)4-15-8-11-5(3-13)6(10)7(14)12(8)9/h13H,3-4H2,1-2H3. The van der Waals surface area contributed by atoms with E-state index in [9.17, 15) is 4.79 Å². The summed E-state index contributed by atoms with van der Waals surface area (Å²) in [6.07, 6.45) is 0. The minimum absolute atomic E-state index is 0.0418. The summed E-state index contributed by atoms with van der Waals surface area (Å²) in [6, 6.07) is 0.221. The first-order valence-corrected chi connectivity index (χ1v) is 4.91. The average molecular weight is 231 g/mol. The molecule has 0 saturated heterocycles. The van der Waals surface area contributed by atoms with E-state index in [1.807, 2.05) is 13.8 Å². The van der Waals surface area contributed by atoms with Gasteiger partial charge in [-0.15, -0.1) is 0 Å². The van der Waals surface area contributed by atoms with Crippen molar-refractivity contribution in [2.75, 3.05) is 6.61 Å². The maximum Gasteiger partial charge on any atom is 0.300 e. The molecule has 82 valence electrons. The summed E-state index contributed by atoms with van der Waals surface area (Å²) in [4.78, 5) is 15.8. The van der Waals surface area contributed by atoms with Crippen molar-refractivity contribution in [3.05, 3.63) is 21.1 Å². The van der Waals surface area contributed by atoms with Gasteiger partial charge in [0.2, 0.25) is 0 Å². The molecule has 1 aliphatic heterocycles. The van der Waals surface area contributed by atoms with E-state index in [1.54, 1.807) is 0 Å². The van der Waals surface area contributed by atoms with Crippen molar-refractivity contribution in [2.45, 2.75) is 26.0 Å². The molecule has 0 saturated carbocycles. The predicted molar refractivity (Wildman–Crippen MR) is 54.2 cm³/mol. The predicted octanol–water partition coefficient (Wildman–Crippen LogP) is 0.516. The van der Waals surface area contributed by atoms with Gasteiger partial charge in [0.05, 0.1) is 17.8 Å². The molecule has 2 heterocycles. The molecule has 0 bridgehead atoms. The molecule has 0 fully saturated rings. The molecule has 0 aliphatic carbocycles. The number of aliphatic hydroxyl groups excluding tert-OH is 1. The largest absolute Gasteiger partial charge is 0.462 e. The maximum absolute atomic E-state index is 11.9. The molecule has 1 N–H and O–H groups in total. The lowest BCUT2D eigenvalue weighted by atomic mass is 10.1. The van der Waals surface area contributed by atoms with Gasteiger partial charge in [0, 0.05) is 0 Å². The number of ether oxygens (including phenoxy) is 1. The van der Waals surface area contributed by atoms with Gasteiger partial charge in [-0.05, 0) is 13.8 Å². The number of rotatable bonds is 1. The van der Waals surface area contributed by atoms with E-state index in [0.29, 0.717) is 6.61 Å². The summed E-state index contributed by atoms with van der Waals surface area (Å²) in [6.45, 7) is 3.73. The van der Waals surface area contributed by atoms with Gasteiger partial charge in [0.15, 0.2) is 0 Å². The second-order valence-corrected chi connectivity index (χ2v) is 4.43. The minimum atomic E-state index is -0.447. The zero-order valence-electron chi connectivity index (χ0n) is 8.45. The average Bonchev–Trinajstić information content (AvgIpc) is 2.48. The Morgan fingerprint density at radius 2 is 2.33 bits per heavy atom. The van der Waals surface area contributed by atoms with Crippen LogP contribution in [-0.4, -0.2) is 21.3 Å². The van der Waals surface area contributed by atoms with Gasteiger partial charge in [-0.2, -0.15) is 4.98 Å². The lowest BCUT2D eigenvalue weighted by Crippen LogP contribution is -2.35. The third-order valence-electron chi connectivity index (χ3n) is 2.38. The molecule has 0 radical (unpaired) electrons. The smallest absolute Gasteiger partial charge is 0.300 e. The number of fused-ring (bicyclic) bond motifs is 1. The highest BCUT2D eigenvalue weighted by Gasteiger charge is 2.34. The summed E-state index contributed by atoms with van der Waals surface area (Å²) in [5.74, 6) is 0. The van der Waals surface area contributed by atoms with Gasteiger partial charge >= 0.3 is 0 Å². The fourth-order valence-electron chi connectivity index (χ4n) is 1.56. The Labute approximate surface area is 91.3 Å². The Morgan fingerprint density at radius 3 is 2.93 bits per heavy atom. The van der Waals surface area contributed by atoms with Gasteiger partial charge in [-0.3, -0.25) is 9.36 Å². The summed E-state index contributed by atoms with van der Waals surface area (Å²) < 4.78 is 6.69. The highest BCUT2D eigenvalue weighted by Crippen LogP contribution is 2.28. The van der Waals surface area contributed by atoms with Crippen LogP contribution >= 0.6 is 11.6 Å². The van der Waals surface area contributed by atoms with Crippen molar-refractivity contribution in [1.82, 2.24) is 9.55 Å². The number of hydrogen-bond donors (Lipinski definition) is 1. The van der Waals surface area contributed by atoms with Crippen molar-refractivity contribution in [3.8, 4) is 6.01 Å². The fraction of sp³-hybridized carbons (Fsp3) is 0.556. The number of halogens is 1. The number of nitrogens with zero attached hydrogens (tertiary/aromatic N) is 2. The molecule has 2 rings (SSSR count). The van der Waals surface area contributed by atoms with E-state index in [0.717, 1.165) is 0 Å². The van der Waals surface area contributed by atoms with E-state index in [4.69, 9.17) is 21.4 Å². The summed E-state index contributed by atoms with van der Waals surface area (Å²) in [5, 5.41) is 8.91. The number of aliphatic hydroxyl groups is 1. The Kier molecular flexibility index (Phi) is 2.24. The minimum Gasteiger partial charge on any atom is -0.462 e. The molecule has 0 aromatic carbocycles. The molecular weight excluding hydrogens is 220 g/mol. The van der Waals surface area contributed by atoms with Crippen LogP contribution in [0.2, 0.25) is 5.02 Å². The molecule has 0 unspecified atom stereocenters. The van der Waals surface area contributed by atoms with Gasteiger partial charge in [-0.25, -0.2) is 0 Å². The van der Waals surface area contributed by atoms with Crippen LogP contribution in [0, 0.1) is 0 Å². The van der Waals surface area contributed by atoms with Crippen LogP contribution in [0.3, 0.4) is 0 Å². The van der Waals surface area contributed by atoms with E-state index < -0.39 is 5.54 Å². The van der Waals surface area contributed by atoms with Crippen LogP contribution in [0.25, 0.3) is 0 Å². The molecule has 1 aromatic heterocycles. The zero-order chi connectivity index (χ0) is 11.2. The molecule has 6 heteroatoms. The molecular formula is C9H11ClN2O3. The SMILES string of the molecule is CC1(C)COc2nc(CO)c(Cl)c(=O)n21. The third-order valence-corrected chi connectivity index (χ3v) is 2.76. The summed E-state index contributed by atoms with van der Waals surface area (Å²) in [5.41, 5.74) is -0.657. The van der Waals surface area contributed by atoms with E-state index >= 15 is 0 Å². The summed E-state index contributed by atoms with van der Waals surface area (Å²) in [7, 11) is 0. The van der Waals surface area contributed by atoms with Crippen LogP contribution in [-0.2, 0) is 12.1 Å². The number of aromatic nitrogens is 2. The van der Waals surface area contributed by atoms with E-state index in [2.05, 4.69) is 4.98 Å². The molecule has 0 spiro atoms. The molecule has 0 amide bonds. The molecule has 0 atom stereocenters. The first-order valence-electron chi connectivity index (χ1n) is 4.53. The monoisotopic (exact) mass is 230 g/mol. The van der Waals surface area contributed by atoms with E-state index in [1.165, 1.54) is 4.57 Å². The van der Waals surface area contributed by atoms with Gasteiger partial charge < -0.3 is 9.84 Å². The lowest BCUT2D eigenvalue weighted by Gasteiger charge is -2.17. The van der Waals surface area contributed by atoms with Crippen molar-refractivity contribution in [1.29, 1.82) is 0 Å². The van der Waals surface area contributed by atoms with E-state index in [-0.39, 0.29) is 28.9 Å². The Bertz CT molecular complexity index is 467. The zero-order valence-corrected chi connectivity index (χ0v) is 9.21. The molecule has 15 heavy (non-hydrogen) atoms. The Balaban J connectivity index is 2.74.